The number of hydrogen-bond donors (Lipinski definition) is 1. The van der Waals surface area contributed by atoms with E-state index < -0.39 is 0 Å². The maximum atomic E-state index is 12.4. The maximum absolute atomic E-state index is 12.4. The molecule has 3 aromatic rings. The van der Waals surface area contributed by atoms with Gasteiger partial charge in [-0.15, -0.1) is 0 Å². The molecule has 1 aliphatic heterocycles. The van der Waals surface area contributed by atoms with E-state index in [-0.39, 0.29) is 5.56 Å². The first-order valence-electron chi connectivity index (χ1n) is 9.11. The van der Waals surface area contributed by atoms with Crippen LogP contribution in [-0.4, -0.2) is 41.0 Å². The van der Waals surface area contributed by atoms with Crippen molar-refractivity contribution in [2.45, 2.75) is 20.4 Å². The smallest absolute Gasteiger partial charge is 0.252 e. The molecule has 0 unspecified atom stereocenters. The second kappa shape index (κ2) is 6.92. The van der Waals surface area contributed by atoms with Gasteiger partial charge < -0.3 is 9.88 Å². The monoisotopic (exact) mass is 348 g/mol. The zero-order valence-electron chi connectivity index (χ0n) is 15.3. The van der Waals surface area contributed by atoms with Gasteiger partial charge in [0.1, 0.15) is 5.82 Å². The number of aromatic nitrogens is 2. The molecular formula is C21H24N4O. The molecule has 5 heteroatoms. The average molecular weight is 348 g/mol. The molecule has 0 spiro atoms. The number of nitrogens with zero attached hydrogens (tertiary/aromatic N) is 3. The van der Waals surface area contributed by atoms with E-state index in [9.17, 15) is 4.79 Å². The summed E-state index contributed by atoms with van der Waals surface area (Å²) in [4.78, 5) is 24.6. The maximum Gasteiger partial charge on any atom is 0.252 e. The molecule has 2 aromatic heterocycles. The fraction of sp³-hybridized carbons (Fsp3) is 0.333. The largest absolute Gasteiger partial charge is 0.354 e. The van der Waals surface area contributed by atoms with Crippen molar-refractivity contribution in [3.8, 4) is 0 Å². The average Bonchev–Trinajstić information content (AvgIpc) is 2.63. The van der Waals surface area contributed by atoms with Crippen molar-refractivity contribution in [3.63, 3.8) is 0 Å². The van der Waals surface area contributed by atoms with Crippen molar-refractivity contribution in [1.82, 2.24) is 14.9 Å². The molecule has 26 heavy (non-hydrogen) atoms. The quantitative estimate of drug-likeness (QED) is 0.791. The van der Waals surface area contributed by atoms with Gasteiger partial charge in [0.05, 0.1) is 0 Å². The second-order valence-electron chi connectivity index (χ2n) is 7.17. The van der Waals surface area contributed by atoms with Crippen molar-refractivity contribution in [2.24, 2.45) is 0 Å². The van der Waals surface area contributed by atoms with Crippen LogP contribution in [0.1, 0.15) is 16.7 Å². The molecule has 0 amide bonds. The van der Waals surface area contributed by atoms with Gasteiger partial charge in [0.2, 0.25) is 0 Å². The van der Waals surface area contributed by atoms with Crippen LogP contribution in [0.3, 0.4) is 0 Å². The summed E-state index contributed by atoms with van der Waals surface area (Å²) in [6, 6.07) is 12.3. The molecule has 1 aliphatic rings. The molecule has 5 nitrogen and oxygen atoms in total. The Kier molecular flexibility index (Phi) is 4.47. The first-order valence-corrected chi connectivity index (χ1v) is 9.11. The van der Waals surface area contributed by atoms with Crippen LogP contribution in [0.25, 0.3) is 10.9 Å². The van der Waals surface area contributed by atoms with Crippen molar-refractivity contribution in [1.29, 1.82) is 0 Å². The summed E-state index contributed by atoms with van der Waals surface area (Å²) in [5.41, 5.74) is 4.19. The zero-order chi connectivity index (χ0) is 18.1. The molecule has 134 valence electrons. The molecule has 4 rings (SSSR count). The van der Waals surface area contributed by atoms with Crippen LogP contribution in [0.2, 0.25) is 0 Å². The van der Waals surface area contributed by atoms with Gasteiger partial charge in [-0.3, -0.25) is 9.69 Å². The van der Waals surface area contributed by atoms with Crippen LogP contribution >= 0.6 is 0 Å². The number of piperazine rings is 1. The standard InChI is InChI=1S/C21H24N4O/c1-15-3-4-19-17(11-15)13-18(21(26)23-19)14-24-7-9-25(10-8-24)20-12-16(2)5-6-22-20/h3-6,11-13H,7-10,14H2,1-2H3,(H,23,26). The third kappa shape index (κ3) is 3.48. The summed E-state index contributed by atoms with van der Waals surface area (Å²) in [6.45, 7) is 8.58. The Morgan fingerprint density at radius 1 is 1.00 bits per heavy atom. The van der Waals surface area contributed by atoms with Crippen molar-refractivity contribution in [3.05, 3.63) is 69.6 Å². The van der Waals surface area contributed by atoms with E-state index in [0.717, 1.165) is 48.5 Å². The Hall–Kier alpha value is -2.66. The number of fused-ring (bicyclic) bond motifs is 1. The molecule has 1 saturated heterocycles. The lowest BCUT2D eigenvalue weighted by Gasteiger charge is -2.35. The fourth-order valence-electron chi connectivity index (χ4n) is 3.56. The van der Waals surface area contributed by atoms with Gasteiger partial charge in [-0.25, -0.2) is 4.98 Å². The number of aryl methyl sites for hydroxylation is 2. The topological polar surface area (TPSA) is 52.2 Å². The van der Waals surface area contributed by atoms with Gasteiger partial charge in [-0.05, 0) is 55.1 Å². The predicted molar refractivity (Wildman–Crippen MR) is 106 cm³/mol. The minimum atomic E-state index is 0.0177. The van der Waals surface area contributed by atoms with Crippen LogP contribution in [-0.2, 0) is 6.54 Å². The molecule has 0 radical (unpaired) electrons. The summed E-state index contributed by atoms with van der Waals surface area (Å²) >= 11 is 0. The van der Waals surface area contributed by atoms with Gasteiger partial charge in [0, 0.05) is 50.0 Å². The Bertz CT molecular complexity index is 987. The van der Waals surface area contributed by atoms with E-state index >= 15 is 0 Å². The second-order valence-corrected chi connectivity index (χ2v) is 7.17. The van der Waals surface area contributed by atoms with E-state index in [1.807, 2.05) is 30.5 Å². The number of aromatic amines is 1. The number of H-pyrrole nitrogens is 1. The zero-order valence-corrected chi connectivity index (χ0v) is 15.3. The SMILES string of the molecule is Cc1ccnc(N2CCN(Cc3cc4cc(C)ccc4[nH]c3=O)CC2)c1. The first-order chi connectivity index (χ1) is 12.6. The third-order valence-electron chi connectivity index (χ3n) is 5.07. The highest BCUT2D eigenvalue weighted by Crippen LogP contribution is 2.17. The molecular weight excluding hydrogens is 324 g/mol. The highest BCUT2D eigenvalue weighted by molar-refractivity contribution is 5.79. The van der Waals surface area contributed by atoms with Crippen LogP contribution in [0.5, 0.6) is 0 Å². The van der Waals surface area contributed by atoms with Crippen molar-refractivity contribution >= 4 is 16.7 Å². The Morgan fingerprint density at radius 2 is 1.77 bits per heavy atom. The summed E-state index contributed by atoms with van der Waals surface area (Å²) in [5, 5.41) is 1.10. The van der Waals surface area contributed by atoms with Crippen molar-refractivity contribution < 1.29 is 0 Å². The Labute approximate surface area is 153 Å². The number of anilines is 1. The normalized spacial score (nSPS) is 15.5. The molecule has 0 aliphatic carbocycles. The lowest BCUT2D eigenvalue weighted by molar-refractivity contribution is 0.248. The molecule has 1 fully saturated rings. The molecule has 3 heterocycles. The summed E-state index contributed by atoms with van der Waals surface area (Å²) in [5.74, 6) is 1.05. The summed E-state index contributed by atoms with van der Waals surface area (Å²) < 4.78 is 0. The highest BCUT2D eigenvalue weighted by Gasteiger charge is 2.19. The number of benzene rings is 1. The van der Waals surface area contributed by atoms with Gasteiger partial charge in [-0.1, -0.05) is 11.6 Å². The lowest BCUT2D eigenvalue weighted by atomic mass is 10.1. The van der Waals surface area contributed by atoms with Gasteiger partial charge in [-0.2, -0.15) is 0 Å². The number of hydrogen-bond acceptors (Lipinski definition) is 4. The van der Waals surface area contributed by atoms with E-state index in [2.05, 4.69) is 45.7 Å². The Balaban J connectivity index is 1.47. The van der Waals surface area contributed by atoms with Gasteiger partial charge >= 0.3 is 0 Å². The van der Waals surface area contributed by atoms with Gasteiger partial charge in [0.15, 0.2) is 0 Å². The highest BCUT2D eigenvalue weighted by atomic mass is 16.1. The van der Waals surface area contributed by atoms with E-state index in [1.165, 1.54) is 11.1 Å². The predicted octanol–water partition coefficient (Wildman–Crippen LogP) is 2.86. The molecule has 0 bridgehead atoms. The van der Waals surface area contributed by atoms with Gasteiger partial charge in [0.25, 0.3) is 5.56 Å². The lowest BCUT2D eigenvalue weighted by Crippen LogP contribution is -2.46. The minimum Gasteiger partial charge on any atom is -0.354 e. The molecule has 0 atom stereocenters. The molecule has 1 aromatic carbocycles. The van der Waals surface area contributed by atoms with Crippen LogP contribution in [0.4, 0.5) is 5.82 Å². The molecule has 1 N–H and O–H groups in total. The fourth-order valence-corrected chi connectivity index (χ4v) is 3.56. The van der Waals surface area contributed by atoms with E-state index in [4.69, 9.17) is 0 Å². The van der Waals surface area contributed by atoms with Crippen LogP contribution in [0, 0.1) is 13.8 Å². The summed E-state index contributed by atoms with van der Waals surface area (Å²) in [6.07, 6.45) is 1.87. The number of pyridine rings is 2. The summed E-state index contributed by atoms with van der Waals surface area (Å²) in [7, 11) is 0. The van der Waals surface area contributed by atoms with E-state index in [0.29, 0.717) is 6.54 Å². The van der Waals surface area contributed by atoms with Crippen LogP contribution < -0.4 is 10.5 Å². The van der Waals surface area contributed by atoms with Crippen molar-refractivity contribution in [2.75, 3.05) is 31.1 Å². The third-order valence-corrected chi connectivity index (χ3v) is 5.07. The minimum absolute atomic E-state index is 0.0177. The van der Waals surface area contributed by atoms with E-state index in [1.54, 1.807) is 0 Å². The first kappa shape index (κ1) is 16.8. The van der Waals surface area contributed by atoms with Crippen LogP contribution in [0.15, 0.2) is 47.4 Å². The number of nitrogens with one attached hydrogen (secondary N) is 1. The molecule has 0 saturated carbocycles. The number of rotatable bonds is 3. The Morgan fingerprint density at radius 3 is 2.54 bits per heavy atom.